The molecule has 0 saturated heterocycles. The Bertz CT molecular complexity index is 1310. The van der Waals surface area contributed by atoms with Crippen LogP contribution in [0.1, 0.15) is 30.9 Å². The van der Waals surface area contributed by atoms with E-state index in [2.05, 4.69) is 9.68 Å². The van der Waals surface area contributed by atoms with Gasteiger partial charge >= 0.3 is 11.9 Å². The zero-order valence-corrected chi connectivity index (χ0v) is 21.8. The average Bonchev–Trinajstić information content (AvgIpc) is 2.87. The first kappa shape index (κ1) is 30.7. The van der Waals surface area contributed by atoms with Gasteiger partial charge in [-0.3, -0.25) is 4.79 Å². The number of rotatable bonds is 15. The lowest BCUT2D eigenvalue weighted by Gasteiger charge is -2.17. The van der Waals surface area contributed by atoms with Crippen LogP contribution >= 0.6 is 0 Å². The summed E-state index contributed by atoms with van der Waals surface area (Å²) in [5.41, 5.74) is 1.11. The molecule has 1 unspecified atom stereocenters. The third-order valence-electron chi connectivity index (χ3n) is 5.12. The third kappa shape index (κ3) is 10.4. The lowest BCUT2D eigenvalue weighted by molar-refractivity contribution is -0.790. The highest BCUT2D eigenvalue weighted by Gasteiger charge is 2.23. The first-order valence-corrected chi connectivity index (χ1v) is 13.3. The van der Waals surface area contributed by atoms with Crippen molar-refractivity contribution in [3.8, 4) is 0 Å². The second-order valence-corrected chi connectivity index (χ2v) is 10.1. The summed E-state index contributed by atoms with van der Waals surface area (Å²) in [6, 6.07) is 14.0. The highest BCUT2D eigenvalue weighted by atomic mass is 32.2. The largest absolute Gasteiger partial charge is 0.462 e. The molecule has 0 spiro atoms. The van der Waals surface area contributed by atoms with Crippen LogP contribution in [0, 0.1) is 20.2 Å². The zero-order chi connectivity index (χ0) is 29.0. The third-order valence-corrected chi connectivity index (χ3v) is 6.25. The molecule has 210 valence electrons. The summed E-state index contributed by atoms with van der Waals surface area (Å²) in [5, 5.41) is 18.8. The number of esters is 2. The number of benzene rings is 2. The van der Waals surface area contributed by atoms with Gasteiger partial charge in [-0.25, -0.2) is 13.2 Å². The summed E-state index contributed by atoms with van der Waals surface area (Å²) in [6.45, 7) is -0.0625. The van der Waals surface area contributed by atoms with Gasteiger partial charge in [0, 0.05) is 18.8 Å². The fraction of sp³-hybridized carbons (Fsp3) is 0.333. The molecule has 2 rings (SSSR count). The van der Waals surface area contributed by atoms with Gasteiger partial charge in [0.2, 0.25) is 0 Å². The van der Waals surface area contributed by atoms with Gasteiger partial charge in [0.15, 0.2) is 9.84 Å². The molecule has 39 heavy (non-hydrogen) atoms. The maximum atomic E-state index is 13.3. The number of ether oxygens (including phenoxy) is 2. The van der Waals surface area contributed by atoms with Gasteiger partial charge in [0.25, 0.3) is 10.2 Å². The van der Waals surface area contributed by atoms with Crippen molar-refractivity contribution >= 4 is 32.9 Å². The van der Waals surface area contributed by atoms with Crippen molar-refractivity contribution in [2.24, 2.45) is 0 Å². The van der Waals surface area contributed by atoms with Crippen LogP contribution in [-0.4, -0.2) is 62.7 Å². The predicted molar refractivity (Wildman–Crippen MR) is 134 cm³/mol. The van der Waals surface area contributed by atoms with Crippen LogP contribution in [0.2, 0.25) is 0 Å². The highest BCUT2D eigenvalue weighted by Crippen LogP contribution is 2.29. The molecule has 0 aliphatic carbocycles. The van der Waals surface area contributed by atoms with Crippen LogP contribution in [0.3, 0.4) is 0 Å². The van der Waals surface area contributed by atoms with Gasteiger partial charge < -0.3 is 19.1 Å². The molecule has 0 aliphatic heterocycles. The second kappa shape index (κ2) is 14.4. The Morgan fingerprint density at radius 3 is 2.10 bits per heavy atom. The molecule has 2 aromatic rings. The van der Waals surface area contributed by atoms with Crippen molar-refractivity contribution in [2.75, 3.05) is 26.1 Å². The van der Waals surface area contributed by atoms with Gasteiger partial charge in [-0.1, -0.05) is 42.5 Å². The van der Waals surface area contributed by atoms with Gasteiger partial charge in [-0.2, -0.15) is 0 Å². The Hall–Kier alpha value is -4.53. The molecule has 0 bridgehead atoms. The van der Waals surface area contributed by atoms with E-state index >= 15 is 0 Å². The first-order valence-electron chi connectivity index (χ1n) is 11.4. The predicted octanol–water partition coefficient (Wildman–Crippen LogP) is 2.67. The molecule has 0 aromatic heterocycles. The molecular formula is C24H26N2O12S. The molecule has 0 fully saturated rings. The minimum Gasteiger partial charge on any atom is -0.462 e. The highest BCUT2D eigenvalue weighted by molar-refractivity contribution is 7.90. The van der Waals surface area contributed by atoms with E-state index in [-0.39, 0.29) is 42.1 Å². The van der Waals surface area contributed by atoms with Crippen LogP contribution in [0.25, 0.3) is 11.1 Å². The second-order valence-electron chi connectivity index (χ2n) is 8.04. The van der Waals surface area contributed by atoms with Crippen LogP contribution in [0.4, 0.5) is 0 Å². The van der Waals surface area contributed by atoms with Crippen molar-refractivity contribution in [2.45, 2.75) is 30.8 Å². The van der Waals surface area contributed by atoms with E-state index < -0.39 is 44.7 Å². The Kier molecular flexibility index (Phi) is 11.3. The Balaban J connectivity index is 2.35. The van der Waals surface area contributed by atoms with E-state index in [9.17, 15) is 38.2 Å². The minimum atomic E-state index is -3.49. The maximum Gasteiger partial charge on any atom is 0.339 e. The van der Waals surface area contributed by atoms with E-state index in [0.29, 0.717) is 11.1 Å². The number of nitrogens with zero attached hydrogens (tertiary/aromatic N) is 2. The number of carbonyl (C=O) groups is 2. The molecule has 0 radical (unpaired) electrons. The molecule has 0 amide bonds. The van der Waals surface area contributed by atoms with Crippen molar-refractivity contribution in [1.29, 1.82) is 0 Å². The van der Waals surface area contributed by atoms with Crippen LogP contribution in [0.15, 0.2) is 59.5 Å². The number of carbonyl (C=O) groups excluding carboxylic acids is 2. The lowest BCUT2D eigenvalue weighted by atomic mass is 9.95. The normalized spacial score (nSPS) is 12.5. The maximum absolute atomic E-state index is 13.3. The van der Waals surface area contributed by atoms with Crippen LogP contribution in [0.5, 0.6) is 0 Å². The van der Waals surface area contributed by atoms with E-state index in [1.165, 1.54) is 31.2 Å². The summed E-state index contributed by atoms with van der Waals surface area (Å²) in [6.07, 6.45) is -0.272. The fourth-order valence-corrected chi connectivity index (χ4v) is 4.01. The summed E-state index contributed by atoms with van der Waals surface area (Å²) in [5.74, 6) is -1.43. The molecule has 1 atom stereocenters. The van der Waals surface area contributed by atoms with Crippen molar-refractivity contribution in [3.63, 3.8) is 0 Å². The van der Waals surface area contributed by atoms with Crippen molar-refractivity contribution in [3.05, 3.63) is 86.0 Å². The summed E-state index contributed by atoms with van der Waals surface area (Å²) >= 11 is 0. The van der Waals surface area contributed by atoms with Crippen LogP contribution in [-0.2, 0) is 38.6 Å². The van der Waals surface area contributed by atoms with E-state index in [1.807, 2.05) is 0 Å². The molecule has 0 N–H and O–H groups in total. The first-order chi connectivity index (χ1) is 18.4. The molecular weight excluding hydrogens is 540 g/mol. The van der Waals surface area contributed by atoms with Crippen LogP contribution < -0.4 is 0 Å². The Morgan fingerprint density at radius 1 is 0.923 bits per heavy atom. The lowest BCUT2D eigenvalue weighted by Crippen LogP contribution is -2.25. The quantitative estimate of drug-likeness (QED) is 0.0765. The van der Waals surface area contributed by atoms with Crippen molar-refractivity contribution in [1.82, 2.24) is 0 Å². The molecule has 15 heteroatoms. The van der Waals surface area contributed by atoms with Gasteiger partial charge in [0.05, 0.1) is 17.1 Å². The van der Waals surface area contributed by atoms with E-state index in [1.54, 1.807) is 30.3 Å². The SMILES string of the molecule is CC(=O)OCC(=C(C(=O)OCCCC(CO[N+](=O)[O-])O[N+](=O)[O-])c1ccccc1)c1ccc(S(C)(=O)=O)cc1. The molecule has 0 heterocycles. The fourth-order valence-electron chi connectivity index (χ4n) is 3.38. The summed E-state index contributed by atoms with van der Waals surface area (Å²) in [4.78, 5) is 54.4. The number of hydrogen-bond donors (Lipinski definition) is 0. The number of hydrogen-bond acceptors (Lipinski definition) is 12. The van der Waals surface area contributed by atoms with E-state index in [0.717, 1.165) is 6.26 Å². The monoisotopic (exact) mass is 566 g/mol. The number of sulfone groups is 1. The molecule has 2 aromatic carbocycles. The van der Waals surface area contributed by atoms with Gasteiger partial charge in [-0.05, 0) is 36.1 Å². The average molecular weight is 567 g/mol. The Morgan fingerprint density at radius 2 is 1.56 bits per heavy atom. The van der Waals surface area contributed by atoms with Gasteiger partial charge in [-0.15, -0.1) is 20.2 Å². The van der Waals surface area contributed by atoms with Gasteiger partial charge in [0.1, 0.15) is 19.3 Å². The summed E-state index contributed by atoms with van der Waals surface area (Å²) in [7, 11) is -3.49. The molecule has 0 saturated carbocycles. The smallest absolute Gasteiger partial charge is 0.339 e. The molecule has 14 nitrogen and oxygen atoms in total. The topological polar surface area (TPSA) is 191 Å². The van der Waals surface area contributed by atoms with Crippen molar-refractivity contribution < 1.29 is 47.3 Å². The summed E-state index contributed by atoms with van der Waals surface area (Å²) < 4.78 is 34.3. The standard InChI is InChI=1S/C24H26N2O12S/c1-17(27)36-16-22(18-10-12-21(13-11-18)39(2,33)34)23(19-7-4-3-5-8-19)24(28)35-14-6-9-20(38-26(31)32)15-37-25(29)30/h3-5,7-8,10-13,20H,6,9,14-16H2,1-2H3. The zero-order valence-electron chi connectivity index (χ0n) is 21.0. The van der Waals surface area contributed by atoms with E-state index in [4.69, 9.17) is 9.47 Å². The minimum absolute atomic E-state index is 0.0374. The Labute approximate surface area is 223 Å². The molecule has 0 aliphatic rings.